The van der Waals surface area contributed by atoms with E-state index < -0.39 is 0 Å². The van der Waals surface area contributed by atoms with Crippen molar-refractivity contribution in [2.45, 2.75) is 19.5 Å². The molecule has 0 bridgehead atoms. The van der Waals surface area contributed by atoms with Gasteiger partial charge in [-0.3, -0.25) is 4.79 Å². The number of carbonyl (C=O) groups is 1. The first-order chi connectivity index (χ1) is 13.2. The maximum absolute atomic E-state index is 12.5. The topological polar surface area (TPSA) is 58.1 Å². The van der Waals surface area contributed by atoms with Gasteiger partial charge < -0.3 is 10.2 Å². The number of aromatic nitrogens is 2. The van der Waals surface area contributed by atoms with Crippen molar-refractivity contribution >= 4 is 23.3 Å². The lowest BCUT2D eigenvalue weighted by molar-refractivity contribution is 0.0945. The molecular weight excluding hydrogens is 360 g/mol. The van der Waals surface area contributed by atoms with Crippen LogP contribution in [0.3, 0.4) is 0 Å². The monoisotopic (exact) mass is 378 g/mol. The van der Waals surface area contributed by atoms with Gasteiger partial charge in [-0.15, -0.1) is 0 Å². The SMILES string of the molecule is O=C(NCc1ccc(Cl)cc1)c1cc(N2CCc3ccccc3C2)ncn1. The molecule has 4 rings (SSSR count). The summed E-state index contributed by atoms with van der Waals surface area (Å²) in [5, 5.41) is 3.56. The Labute approximate surface area is 163 Å². The highest BCUT2D eigenvalue weighted by atomic mass is 35.5. The van der Waals surface area contributed by atoms with Crippen molar-refractivity contribution in [1.82, 2.24) is 15.3 Å². The van der Waals surface area contributed by atoms with Crippen LogP contribution in [0.4, 0.5) is 5.82 Å². The molecule has 0 radical (unpaired) electrons. The van der Waals surface area contributed by atoms with Crippen LogP contribution in [0, 0.1) is 0 Å². The molecule has 3 aromatic rings. The summed E-state index contributed by atoms with van der Waals surface area (Å²) in [4.78, 5) is 23.2. The molecular formula is C21H19ClN4O. The van der Waals surface area contributed by atoms with E-state index in [1.165, 1.54) is 17.5 Å². The van der Waals surface area contributed by atoms with Crippen molar-refractivity contribution in [3.63, 3.8) is 0 Å². The molecule has 2 aromatic carbocycles. The van der Waals surface area contributed by atoms with E-state index in [1.54, 1.807) is 18.2 Å². The van der Waals surface area contributed by atoms with Crippen LogP contribution in [-0.4, -0.2) is 22.4 Å². The number of benzene rings is 2. The molecule has 136 valence electrons. The molecule has 6 heteroatoms. The molecule has 0 spiro atoms. The smallest absolute Gasteiger partial charge is 0.270 e. The largest absolute Gasteiger partial charge is 0.352 e. The number of anilines is 1. The van der Waals surface area contributed by atoms with Crippen LogP contribution < -0.4 is 10.2 Å². The number of amides is 1. The normalized spacial score (nSPS) is 13.1. The highest BCUT2D eigenvalue weighted by Crippen LogP contribution is 2.23. The number of nitrogens with one attached hydrogen (secondary N) is 1. The van der Waals surface area contributed by atoms with E-state index in [4.69, 9.17) is 11.6 Å². The van der Waals surface area contributed by atoms with Gasteiger partial charge in [-0.2, -0.15) is 0 Å². The number of halogens is 1. The van der Waals surface area contributed by atoms with Crippen molar-refractivity contribution in [3.8, 4) is 0 Å². The third-order valence-electron chi connectivity index (χ3n) is 4.71. The van der Waals surface area contributed by atoms with Crippen LogP contribution in [0.15, 0.2) is 60.9 Å². The summed E-state index contributed by atoms with van der Waals surface area (Å²) < 4.78 is 0. The van der Waals surface area contributed by atoms with Gasteiger partial charge in [-0.05, 0) is 35.2 Å². The first kappa shape index (κ1) is 17.5. The van der Waals surface area contributed by atoms with E-state index in [-0.39, 0.29) is 5.91 Å². The van der Waals surface area contributed by atoms with Crippen LogP contribution in [0.1, 0.15) is 27.2 Å². The molecule has 1 aliphatic rings. The van der Waals surface area contributed by atoms with E-state index >= 15 is 0 Å². The zero-order chi connectivity index (χ0) is 18.6. The van der Waals surface area contributed by atoms with Crippen LogP contribution >= 0.6 is 11.6 Å². The number of rotatable bonds is 4. The Hall–Kier alpha value is -2.92. The molecule has 0 atom stereocenters. The Morgan fingerprint density at radius 3 is 2.67 bits per heavy atom. The molecule has 1 amide bonds. The summed E-state index contributed by atoms with van der Waals surface area (Å²) in [6.45, 7) is 2.09. The molecule has 1 aromatic heterocycles. The fraction of sp³-hybridized carbons (Fsp3) is 0.190. The molecule has 5 nitrogen and oxygen atoms in total. The molecule has 27 heavy (non-hydrogen) atoms. The highest BCUT2D eigenvalue weighted by molar-refractivity contribution is 6.30. The third-order valence-corrected chi connectivity index (χ3v) is 4.96. The Morgan fingerprint density at radius 1 is 1.07 bits per heavy atom. The zero-order valence-corrected chi connectivity index (χ0v) is 15.5. The lowest BCUT2D eigenvalue weighted by Gasteiger charge is -2.29. The first-order valence-electron chi connectivity index (χ1n) is 8.85. The average molecular weight is 379 g/mol. The van der Waals surface area contributed by atoms with E-state index in [9.17, 15) is 4.79 Å². The first-order valence-corrected chi connectivity index (χ1v) is 9.23. The minimum absolute atomic E-state index is 0.217. The molecule has 0 saturated heterocycles. The van der Waals surface area contributed by atoms with E-state index in [0.29, 0.717) is 17.3 Å². The summed E-state index contributed by atoms with van der Waals surface area (Å²) in [7, 11) is 0. The van der Waals surface area contributed by atoms with Gasteiger partial charge in [-0.25, -0.2) is 9.97 Å². The van der Waals surface area contributed by atoms with Crippen LogP contribution in [0.2, 0.25) is 5.02 Å². The Balaban J connectivity index is 1.44. The standard InChI is InChI=1S/C21H19ClN4O/c22-18-7-5-15(6-8-18)12-23-21(27)19-11-20(25-14-24-19)26-10-9-16-3-1-2-4-17(16)13-26/h1-8,11,14H,9-10,12-13H2,(H,23,27). The fourth-order valence-corrected chi connectivity index (χ4v) is 3.34. The summed E-state index contributed by atoms with van der Waals surface area (Å²) in [5.41, 5.74) is 4.03. The van der Waals surface area contributed by atoms with Crippen molar-refractivity contribution in [3.05, 3.63) is 88.3 Å². The molecule has 1 N–H and O–H groups in total. The summed E-state index contributed by atoms with van der Waals surface area (Å²) in [6, 6.07) is 17.6. The maximum atomic E-state index is 12.5. The second kappa shape index (κ2) is 7.76. The number of hydrogen-bond acceptors (Lipinski definition) is 4. The van der Waals surface area contributed by atoms with E-state index in [1.807, 2.05) is 12.1 Å². The van der Waals surface area contributed by atoms with Gasteiger partial charge in [0.05, 0.1) is 0 Å². The van der Waals surface area contributed by atoms with Gasteiger partial charge in [0.1, 0.15) is 17.8 Å². The van der Waals surface area contributed by atoms with Gasteiger partial charge in [0, 0.05) is 30.7 Å². The highest BCUT2D eigenvalue weighted by Gasteiger charge is 2.18. The summed E-state index contributed by atoms with van der Waals surface area (Å²) in [5.74, 6) is 0.558. The zero-order valence-electron chi connectivity index (χ0n) is 14.7. The predicted octanol–water partition coefficient (Wildman–Crippen LogP) is 3.62. The molecule has 0 aliphatic carbocycles. The van der Waals surface area contributed by atoms with Gasteiger partial charge in [-0.1, -0.05) is 48.0 Å². The van der Waals surface area contributed by atoms with Gasteiger partial charge >= 0.3 is 0 Å². The molecule has 1 aliphatic heterocycles. The van der Waals surface area contributed by atoms with Gasteiger partial charge in [0.25, 0.3) is 5.91 Å². The number of carbonyl (C=O) groups excluding carboxylic acids is 1. The predicted molar refractivity (Wildman–Crippen MR) is 106 cm³/mol. The second-order valence-electron chi connectivity index (χ2n) is 6.51. The maximum Gasteiger partial charge on any atom is 0.270 e. The fourth-order valence-electron chi connectivity index (χ4n) is 3.21. The van der Waals surface area contributed by atoms with Crippen molar-refractivity contribution in [2.24, 2.45) is 0 Å². The average Bonchev–Trinajstić information content (AvgIpc) is 2.73. The Morgan fingerprint density at radius 2 is 1.85 bits per heavy atom. The lowest BCUT2D eigenvalue weighted by Crippen LogP contribution is -2.31. The van der Waals surface area contributed by atoms with Crippen LogP contribution in [-0.2, 0) is 19.5 Å². The number of nitrogens with zero attached hydrogens (tertiary/aromatic N) is 3. The van der Waals surface area contributed by atoms with E-state index in [0.717, 1.165) is 30.9 Å². The number of fused-ring (bicyclic) bond motifs is 1. The van der Waals surface area contributed by atoms with Crippen LogP contribution in [0.5, 0.6) is 0 Å². The molecule has 0 saturated carbocycles. The van der Waals surface area contributed by atoms with Gasteiger partial charge in [0.15, 0.2) is 0 Å². The second-order valence-corrected chi connectivity index (χ2v) is 6.95. The summed E-state index contributed by atoms with van der Waals surface area (Å²) >= 11 is 5.88. The molecule has 0 unspecified atom stereocenters. The van der Waals surface area contributed by atoms with Crippen molar-refractivity contribution in [2.75, 3.05) is 11.4 Å². The minimum atomic E-state index is -0.217. The summed E-state index contributed by atoms with van der Waals surface area (Å²) in [6.07, 6.45) is 2.42. The number of hydrogen-bond donors (Lipinski definition) is 1. The molecule has 0 fully saturated rings. The third kappa shape index (κ3) is 4.09. The van der Waals surface area contributed by atoms with E-state index in [2.05, 4.69) is 44.5 Å². The van der Waals surface area contributed by atoms with Crippen molar-refractivity contribution in [1.29, 1.82) is 0 Å². The van der Waals surface area contributed by atoms with Crippen LogP contribution in [0.25, 0.3) is 0 Å². The quantitative estimate of drug-likeness (QED) is 0.753. The van der Waals surface area contributed by atoms with Gasteiger partial charge in [0.2, 0.25) is 0 Å². The lowest BCUT2D eigenvalue weighted by atomic mass is 10.00. The Bertz CT molecular complexity index is 958. The minimum Gasteiger partial charge on any atom is -0.352 e. The molecule has 2 heterocycles. The Kier molecular flexibility index (Phi) is 5.03. The van der Waals surface area contributed by atoms with Crippen molar-refractivity contribution < 1.29 is 4.79 Å².